The van der Waals surface area contributed by atoms with E-state index in [4.69, 9.17) is 0 Å². The molecule has 1 fully saturated rings. The van der Waals surface area contributed by atoms with Crippen molar-refractivity contribution >= 4 is 0 Å². The van der Waals surface area contributed by atoms with Crippen LogP contribution in [0.4, 0.5) is 0 Å². The van der Waals surface area contributed by atoms with Gasteiger partial charge in [0.2, 0.25) is 0 Å². The second kappa shape index (κ2) is 4.00. The summed E-state index contributed by atoms with van der Waals surface area (Å²) in [7, 11) is 0. The molecule has 1 atom stereocenters. The molecular formula is C12H25N. The van der Waals surface area contributed by atoms with Gasteiger partial charge in [-0.1, -0.05) is 20.3 Å². The Balaban J connectivity index is 2.77. The molecule has 0 aliphatic carbocycles. The summed E-state index contributed by atoms with van der Waals surface area (Å²) in [6.07, 6.45) is 4.18. The highest BCUT2D eigenvalue weighted by molar-refractivity contribution is 4.93. The summed E-state index contributed by atoms with van der Waals surface area (Å²) < 4.78 is 0. The first kappa shape index (κ1) is 11.0. The standard InChI is InChI=1S/C12H25N/c1-10(2)12(5)8-6-7-9-13(12)11(3)4/h10-11H,6-9H2,1-5H3. The molecule has 1 nitrogen and oxygen atoms in total. The molecule has 1 heterocycles. The predicted octanol–water partition coefficient (Wildman–Crippen LogP) is 3.30. The molecule has 1 rings (SSSR count). The fraction of sp³-hybridized carbons (Fsp3) is 1.00. The molecule has 0 aromatic rings. The van der Waals surface area contributed by atoms with Crippen LogP contribution >= 0.6 is 0 Å². The van der Waals surface area contributed by atoms with Crippen molar-refractivity contribution in [3.05, 3.63) is 0 Å². The van der Waals surface area contributed by atoms with Crippen molar-refractivity contribution in [1.82, 2.24) is 4.90 Å². The monoisotopic (exact) mass is 183 g/mol. The van der Waals surface area contributed by atoms with Gasteiger partial charge >= 0.3 is 0 Å². The second-order valence-electron chi connectivity index (χ2n) is 5.26. The van der Waals surface area contributed by atoms with Crippen LogP contribution in [0.5, 0.6) is 0 Å². The summed E-state index contributed by atoms with van der Waals surface area (Å²) in [4.78, 5) is 2.70. The van der Waals surface area contributed by atoms with Gasteiger partial charge in [0.05, 0.1) is 0 Å². The maximum Gasteiger partial charge on any atom is 0.0207 e. The van der Waals surface area contributed by atoms with Gasteiger partial charge in [-0.05, 0) is 46.1 Å². The topological polar surface area (TPSA) is 3.24 Å². The molecule has 1 aliphatic heterocycles. The minimum atomic E-state index is 0.451. The third-order valence-electron chi connectivity index (χ3n) is 3.86. The molecule has 0 aromatic heterocycles. The van der Waals surface area contributed by atoms with Crippen molar-refractivity contribution in [2.24, 2.45) is 5.92 Å². The SMILES string of the molecule is CC(C)N1CCCCC1(C)C(C)C. The first-order valence-corrected chi connectivity index (χ1v) is 5.75. The lowest BCUT2D eigenvalue weighted by Gasteiger charge is -2.50. The minimum Gasteiger partial charge on any atom is -0.295 e. The first-order valence-electron chi connectivity index (χ1n) is 5.75. The van der Waals surface area contributed by atoms with E-state index in [1.165, 1.54) is 25.8 Å². The fourth-order valence-electron chi connectivity index (χ4n) is 2.63. The van der Waals surface area contributed by atoms with E-state index in [1.807, 2.05) is 0 Å². The van der Waals surface area contributed by atoms with Crippen LogP contribution in [-0.2, 0) is 0 Å². The van der Waals surface area contributed by atoms with Crippen LogP contribution in [0.3, 0.4) is 0 Å². The summed E-state index contributed by atoms with van der Waals surface area (Å²) in [6, 6.07) is 0.702. The number of nitrogens with zero attached hydrogens (tertiary/aromatic N) is 1. The average molecular weight is 183 g/mol. The Bertz CT molecular complexity index is 163. The molecule has 0 saturated carbocycles. The number of hydrogen-bond acceptors (Lipinski definition) is 1. The van der Waals surface area contributed by atoms with E-state index < -0.39 is 0 Å². The normalized spacial score (nSPS) is 31.6. The van der Waals surface area contributed by atoms with Gasteiger partial charge in [0.25, 0.3) is 0 Å². The summed E-state index contributed by atoms with van der Waals surface area (Å²) >= 11 is 0. The van der Waals surface area contributed by atoms with Crippen LogP contribution in [0.25, 0.3) is 0 Å². The Kier molecular flexibility index (Phi) is 3.39. The largest absolute Gasteiger partial charge is 0.295 e. The zero-order valence-corrected chi connectivity index (χ0v) is 9.93. The highest BCUT2D eigenvalue weighted by Crippen LogP contribution is 2.35. The summed E-state index contributed by atoms with van der Waals surface area (Å²) in [5.74, 6) is 0.773. The molecule has 0 radical (unpaired) electrons. The van der Waals surface area contributed by atoms with Crippen molar-refractivity contribution in [2.75, 3.05) is 6.54 Å². The second-order valence-corrected chi connectivity index (χ2v) is 5.26. The zero-order chi connectivity index (χ0) is 10.1. The molecular weight excluding hydrogens is 158 g/mol. The lowest BCUT2D eigenvalue weighted by molar-refractivity contribution is -0.00119. The van der Waals surface area contributed by atoms with Gasteiger partial charge in [0, 0.05) is 11.6 Å². The zero-order valence-electron chi connectivity index (χ0n) is 9.93. The van der Waals surface area contributed by atoms with E-state index >= 15 is 0 Å². The molecule has 0 aromatic carbocycles. The molecule has 1 saturated heterocycles. The molecule has 13 heavy (non-hydrogen) atoms. The number of rotatable bonds is 2. The van der Waals surface area contributed by atoms with Crippen molar-refractivity contribution in [3.63, 3.8) is 0 Å². The average Bonchev–Trinajstić information content (AvgIpc) is 2.04. The maximum absolute atomic E-state index is 2.70. The van der Waals surface area contributed by atoms with E-state index in [9.17, 15) is 0 Å². The van der Waals surface area contributed by atoms with Gasteiger partial charge in [-0.15, -0.1) is 0 Å². The predicted molar refractivity (Wildman–Crippen MR) is 58.9 cm³/mol. The number of hydrogen-bond donors (Lipinski definition) is 0. The highest BCUT2D eigenvalue weighted by atomic mass is 15.2. The van der Waals surface area contributed by atoms with Gasteiger partial charge in [0.1, 0.15) is 0 Å². The smallest absolute Gasteiger partial charge is 0.0207 e. The molecule has 0 bridgehead atoms. The molecule has 1 aliphatic rings. The van der Waals surface area contributed by atoms with Crippen molar-refractivity contribution < 1.29 is 0 Å². The van der Waals surface area contributed by atoms with Crippen LogP contribution in [0.2, 0.25) is 0 Å². The van der Waals surface area contributed by atoms with E-state index in [2.05, 4.69) is 39.5 Å². The first-order chi connectivity index (χ1) is 5.98. The Labute approximate surface area is 83.5 Å². The molecule has 1 unspecified atom stereocenters. The van der Waals surface area contributed by atoms with Gasteiger partial charge in [-0.2, -0.15) is 0 Å². The summed E-state index contributed by atoms with van der Waals surface area (Å²) in [6.45, 7) is 13.1. The van der Waals surface area contributed by atoms with E-state index in [0.717, 1.165) is 5.92 Å². The number of likely N-dealkylation sites (tertiary alicyclic amines) is 1. The summed E-state index contributed by atoms with van der Waals surface area (Å²) in [5, 5.41) is 0. The van der Waals surface area contributed by atoms with Crippen molar-refractivity contribution in [1.29, 1.82) is 0 Å². The molecule has 0 N–H and O–H groups in total. The van der Waals surface area contributed by atoms with E-state index in [1.54, 1.807) is 0 Å². The molecule has 78 valence electrons. The Morgan fingerprint density at radius 3 is 2.08 bits per heavy atom. The van der Waals surface area contributed by atoms with Gasteiger partial charge in [0.15, 0.2) is 0 Å². The van der Waals surface area contributed by atoms with E-state index in [-0.39, 0.29) is 0 Å². The maximum atomic E-state index is 2.70. The van der Waals surface area contributed by atoms with Crippen LogP contribution < -0.4 is 0 Å². The molecule has 1 heteroatoms. The van der Waals surface area contributed by atoms with Crippen LogP contribution in [0, 0.1) is 5.92 Å². The third kappa shape index (κ3) is 2.07. The highest BCUT2D eigenvalue weighted by Gasteiger charge is 2.37. The Hall–Kier alpha value is -0.0400. The fourth-order valence-corrected chi connectivity index (χ4v) is 2.63. The Morgan fingerprint density at radius 2 is 1.69 bits per heavy atom. The van der Waals surface area contributed by atoms with Gasteiger partial charge in [-0.25, -0.2) is 0 Å². The van der Waals surface area contributed by atoms with Gasteiger partial charge in [-0.3, -0.25) is 4.90 Å². The molecule has 0 amide bonds. The summed E-state index contributed by atoms with van der Waals surface area (Å²) in [5.41, 5.74) is 0.451. The van der Waals surface area contributed by atoms with Crippen LogP contribution in [0.1, 0.15) is 53.9 Å². The van der Waals surface area contributed by atoms with Crippen molar-refractivity contribution in [3.8, 4) is 0 Å². The third-order valence-corrected chi connectivity index (χ3v) is 3.86. The lowest BCUT2D eigenvalue weighted by Crippen LogP contribution is -2.55. The number of piperidine rings is 1. The quantitative estimate of drug-likeness (QED) is 0.635. The van der Waals surface area contributed by atoms with E-state index in [0.29, 0.717) is 11.6 Å². The van der Waals surface area contributed by atoms with Crippen LogP contribution in [-0.4, -0.2) is 23.0 Å². The Morgan fingerprint density at radius 1 is 1.08 bits per heavy atom. The molecule has 0 spiro atoms. The van der Waals surface area contributed by atoms with Crippen LogP contribution in [0.15, 0.2) is 0 Å². The lowest BCUT2D eigenvalue weighted by atomic mass is 9.78. The van der Waals surface area contributed by atoms with Crippen molar-refractivity contribution in [2.45, 2.75) is 65.5 Å². The van der Waals surface area contributed by atoms with Gasteiger partial charge < -0.3 is 0 Å². The minimum absolute atomic E-state index is 0.451.